The van der Waals surface area contributed by atoms with Gasteiger partial charge in [0.1, 0.15) is 6.61 Å². The largest absolute Gasteiger partial charge is 0.464 e. The van der Waals surface area contributed by atoms with Crippen LogP contribution in [0.1, 0.15) is 5.56 Å². The molecule has 1 heterocycles. The zero-order valence-electron chi connectivity index (χ0n) is 13.8. The predicted molar refractivity (Wildman–Crippen MR) is 98.3 cm³/mol. The van der Waals surface area contributed by atoms with E-state index in [1.807, 2.05) is 71.3 Å². The highest BCUT2D eigenvalue weighted by molar-refractivity contribution is 5.89. The Kier molecular flexibility index (Phi) is 4.17. The number of rotatable bonds is 5. The van der Waals surface area contributed by atoms with Crippen LogP contribution in [0, 0.1) is 0 Å². The Morgan fingerprint density at radius 1 is 0.960 bits per heavy atom. The Morgan fingerprint density at radius 3 is 2.72 bits per heavy atom. The molecular weight excluding hydrogens is 312 g/mol. The summed E-state index contributed by atoms with van der Waals surface area (Å²) in [5.74, 6) is -0.208. The van der Waals surface area contributed by atoms with Gasteiger partial charge in [-0.25, -0.2) is 4.98 Å². The first-order valence-corrected chi connectivity index (χ1v) is 8.33. The molecule has 0 spiro atoms. The Labute approximate surface area is 145 Å². The van der Waals surface area contributed by atoms with Crippen LogP contribution in [0.3, 0.4) is 0 Å². The van der Waals surface area contributed by atoms with E-state index in [2.05, 4.69) is 4.98 Å². The van der Waals surface area contributed by atoms with E-state index in [0.717, 1.165) is 27.4 Å². The van der Waals surface area contributed by atoms with Crippen LogP contribution in [0.4, 0.5) is 0 Å². The van der Waals surface area contributed by atoms with Gasteiger partial charge in [0.25, 0.3) is 0 Å². The Bertz CT molecular complexity index is 1030. The minimum atomic E-state index is -0.208. The van der Waals surface area contributed by atoms with Crippen molar-refractivity contribution in [2.45, 2.75) is 13.0 Å². The fourth-order valence-electron chi connectivity index (χ4n) is 3.10. The first kappa shape index (κ1) is 15.4. The maximum Gasteiger partial charge on any atom is 0.310 e. The predicted octanol–water partition coefficient (Wildman–Crippen LogP) is 3.98. The van der Waals surface area contributed by atoms with Crippen molar-refractivity contribution in [3.05, 3.63) is 78.6 Å². The lowest BCUT2D eigenvalue weighted by atomic mass is 10.0. The second-order valence-corrected chi connectivity index (χ2v) is 5.96. The molecule has 0 radical (unpaired) electrons. The van der Waals surface area contributed by atoms with Gasteiger partial charge >= 0.3 is 5.97 Å². The number of benzene rings is 3. The SMILES string of the molecule is O=C(Cc1cccc2ccccc12)OCCn1cnc2ccccc21. The quantitative estimate of drug-likeness (QED) is 0.520. The molecule has 3 aromatic carbocycles. The maximum atomic E-state index is 12.2. The van der Waals surface area contributed by atoms with Crippen LogP contribution in [0.25, 0.3) is 21.8 Å². The molecule has 0 atom stereocenters. The van der Waals surface area contributed by atoms with Crippen molar-refractivity contribution in [3.8, 4) is 0 Å². The van der Waals surface area contributed by atoms with Crippen molar-refractivity contribution in [3.63, 3.8) is 0 Å². The number of fused-ring (bicyclic) bond motifs is 2. The van der Waals surface area contributed by atoms with Gasteiger partial charge in [-0.1, -0.05) is 54.6 Å². The summed E-state index contributed by atoms with van der Waals surface area (Å²) in [4.78, 5) is 16.5. The maximum absolute atomic E-state index is 12.2. The number of aromatic nitrogens is 2. The fraction of sp³-hybridized carbons (Fsp3) is 0.143. The zero-order valence-corrected chi connectivity index (χ0v) is 13.8. The molecule has 0 aliphatic carbocycles. The molecule has 25 heavy (non-hydrogen) atoms. The first-order chi connectivity index (χ1) is 12.3. The molecule has 0 amide bonds. The van der Waals surface area contributed by atoms with Crippen LogP contribution in [-0.2, 0) is 22.5 Å². The van der Waals surface area contributed by atoms with Gasteiger partial charge in [-0.15, -0.1) is 0 Å². The lowest BCUT2D eigenvalue weighted by Gasteiger charge is -2.08. The summed E-state index contributed by atoms with van der Waals surface area (Å²) in [7, 11) is 0. The van der Waals surface area contributed by atoms with E-state index in [0.29, 0.717) is 13.2 Å². The standard InChI is InChI=1S/C21H18N2O2/c24-21(14-17-8-5-7-16-6-1-2-9-18(16)17)25-13-12-23-15-22-19-10-3-4-11-20(19)23/h1-11,15H,12-14H2. The van der Waals surface area contributed by atoms with Crippen molar-refractivity contribution in [2.24, 2.45) is 0 Å². The minimum Gasteiger partial charge on any atom is -0.464 e. The summed E-state index contributed by atoms with van der Waals surface area (Å²) >= 11 is 0. The van der Waals surface area contributed by atoms with Crippen molar-refractivity contribution < 1.29 is 9.53 Å². The summed E-state index contributed by atoms with van der Waals surface area (Å²) in [5, 5.41) is 2.24. The number of hydrogen-bond donors (Lipinski definition) is 0. The van der Waals surface area contributed by atoms with Crippen LogP contribution < -0.4 is 0 Å². The molecule has 4 rings (SSSR count). The Morgan fingerprint density at radius 2 is 1.76 bits per heavy atom. The molecule has 0 unspecified atom stereocenters. The normalized spacial score (nSPS) is 11.0. The third-order valence-corrected chi connectivity index (χ3v) is 4.34. The van der Waals surface area contributed by atoms with Gasteiger partial charge in [0.05, 0.1) is 30.3 Å². The monoisotopic (exact) mass is 330 g/mol. The van der Waals surface area contributed by atoms with Crippen LogP contribution >= 0.6 is 0 Å². The van der Waals surface area contributed by atoms with Crippen molar-refractivity contribution >= 4 is 27.8 Å². The fourth-order valence-corrected chi connectivity index (χ4v) is 3.10. The van der Waals surface area contributed by atoms with Gasteiger partial charge in [-0.3, -0.25) is 4.79 Å². The average Bonchev–Trinajstić information content (AvgIpc) is 3.05. The van der Waals surface area contributed by atoms with Crippen LogP contribution in [0.2, 0.25) is 0 Å². The summed E-state index contributed by atoms with van der Waals surface area (Å²) < 4.78 is 7.43. The van der Waals surface area contributed by atoms with Gasteiger partial charge in [-0.2, -0.15) is 0 Å². The number of carbonyl (C=O) groups is 1. The number of ether oxygens (including phenoxy) is 1. The van der Waals surface area contributed by atoms with E-state index in [9.17, 15) is 4.79 Å². The van der Waals surface area contributed by atoms with Gasteiger partial charge in [0.2, 0.25) is 0 Å². The molecule has 4 nitrogen and oxygen atoms in total. The molecule has 0 N–H and O–H groups in total. The third-order valence-electron chi connectivity index (χ3n) is 4.34. The second-order valence-electron chi connectivity index (χ2n) is 5.96. The van der Waals surface area contributed by atoms with Crippen LogP contribution in [0.5, 0.6) is 0 Å². The molecule has 0 saturated heterocycles. The summed E-state index contributed by atoms with van der Waals surface area (Å²) in [6.07, 6.45) is 2.06. The highest BCUT2D eigenvalue weighted by Crippen LogP contribution is 2.19. The number of esters is 1. The number of imidazole rings is 1. The van der Waals surface area contributed by atoms with Gasteiger partial charge in [0, 0.05) is 0 Å². The number of hydrogen-bond acceptors (Lipinski definition) is 3. The zero-order chi connectivity index (χ0) is 17.1. The van der Waals surface area contributed by atoms with Crippen LogP contribution in [-0.4, -0.2) is 22.1 Å². The molecule has 4 heteroatoms. The molecule has 0 fully saturated rings. The third kappa shape index (κ3) is 3.24. The van der Waals surface area contributed by atoms with E-state index in [-0.39, 0.29) is 12.4 Å². The van der Waals surface area contributed by atoms with Crippen molar-refractivity contribution in [1.82, 2.24) is 9.55 Å². The molecule has 0 aliphatic heterocycles. The number of nitrogens with zero attached hydrogens (tertiary/aromatic N) is 2. The van der Waals surface area contributed by atoms with E-state index in [1.165, 1.54) is 0 Å². The molecule has 1 aromatic heterocycles. The first-order valence-electron chi connectivity index (χ1n) is 8.33. The van der Waals surface area contributed by atoms with E-state index in [1.54, 1.807) is 6.33 Å². The molecule has 0 bridgehead atoms. The summed E-state index contributed by atoms with van der Waals surface area (Å²) in [6, 6.07) is 22.0. The second kappa shape index (κ2) is 6.77. The molecule has 0 saturated carbocycles. The lowest BCUT2D eigenvalue weighted by molar-refractivity contribution is -0.143. The van der Waals surface area contributed by atoms with E-state index < -0.39 is 0 Å². The Balaban J connectivity index is 1.39. The minimum absolute atomic E-state index is 0.208. The van der Waals surface area contributed by atoms with Crippen LogP contribution in [0.15, 0.2) is 73.1 Å². The van der Waals surface area contributed by atoms with E-state index >= 15 is 0 Å². The van der Waals surface area contributed by atoms with Gasteiger partial charge < -0.3 is 9.30 Å². The average molecular weight is 330 g/mol. The van der Waals surface area contributed by atoms with Gasteiger partial charge in [-0.05, 0) is 28.5 Å². The molecule has 4 aromatic rings. The van der Waals surface area contributed by atoms with Gasteiger partial charge in [0.15, 0.2) is 0 Å². The number of carbonyl (C=O) groups excluding carboxylic acids is 1. The number of para-hydroxylation sites is 2. The van der Waals surface area contributed by atoms with Crippen molar-refractivity contribution in [1.29, 1.82) is 0 Å². The molecule has 0 aliphatic rings. The smallest absolute Gasteiger partial charge is 0.310 e. The lowest BCUT2D eigenvalue weighted by Crippen LogP contribution is -2.13. The Hall–Kier alpha value is -3.14. The summed E-state index contributed by atoms with van der Waals surface area (Å²) in [5.41, 5.74) is 2.99. The topological polar surface area (TPSA) is 44.1 Å². The molecule has 124 valence electrons. The highest BCUT2D eigenvalue weighted by Gasteiger charge is 2.08. The summed E-state index contributed by atoms with van der Waals surface area (Å²) in [6.45, 7) is 0.936. The molecular formula is C21H18N2O2. The van der Waals surface area contributed by atoms with E-state index in [4.69, 9.17) is 4.74 Å². The van der Waals surface area contributed by atoms with Crippen molar-refractivity contribution in [2.75, 3.05) is 6.61 Å². The highest BCUT2D eigenvalue weighted by atomic mass is 16.5.